The first-order chi connectivity index (χ1) is 9.60. The van der Waals surface area contributed by atoms with Crippen molar-refractivity contribution in [1.29, 1.82) is 0 Å². The highest BCUT2D eigenvalue weighted by molar-refractivity contribution is 5.88. The predicted molar refractivity (Wildman–Crippen MR) is 72.4 cm³/mol. The Labute approximate surface area is 117 Å². The summed E-state index contributed by atoms with van der Waals surface area (Å²) < 4.78 is 4.86. The van der Waals surface area contributed by atoms with Crippen LogP contribution in [-0.4, -0.2) is 48.7 Å². The Morgan fingerprint density at radius 3 is 2.80 bits per heavy atom. The molecule has 2 rings (SSSR count). The lowest BCUT2D eigenvalue weighted by molar-refractivity contribution is -0.122. The Hall–Kier alpha value is -1.92. The van der Waals surface area contributed by atoms with Crippen LogP contribution in [0.2, 0.25) is 0 Å². The molecule has 1 aromatic rings. The lowest BCUT2D eigenvalue weighted by atomic mass is 10.1. The third kappa shape index (κ3) is 3.55. The maximum Gasteiger partial charge on any atom is 0.335 e. The van der Waals surface area contributed by atoms with Gasteiger partial charge in [0.2, 0.25) is 5.91 Å². The van der Waals surface area contributed by atoms with Crippen molar-refractivity contribution < 1.29 is 19.4 Å². The van der Waals surface area contributed by atoms with Gasteiger partial charge < -0.3 is 15.2 Å². The number of methoxy groups -OCH3 is 1. The van der Waals surface area contributed by atoms with Crippen LogP contribution in [0, 0.1) is 0 Å². The molecule has 0 bridgehead atoms. The van der Waals surface area contributed by atoms with Crippen molar-refractivity contribution in [3.05, 3.63) is 34.9 Å². The van der Waals surface area contributed by atoms with E-state index in [1.165, 1.54) is 0 Å². The molecule has 0 saturated heterocycles. The van der Waals surface area contributed by atoms with Crippen LogP contribution in [0.25, 0.3) is 0 Å². The number of amides is 1. The normalized spacial score (nSPS) is 14.1. The summed E-state index contributed by atoms with van der Waals surface area (Å²) in [6.07, 6.45) is 0. The highest BCUT2D eigenvalue weighted by Gasteiger charge is 2.21. The lowest BCUT2D eigenvalue weighted by Gasteiger charge is -2.14. The number of carbonyl (C=O) groups is 2. The fourth-order valence-electron chi connectivity index (χ4n) is 2.26. The summed E-state index contributed by atoms with van der Waals surface area (Å²) in [5.74, 6) is -0.975. The van der Waals surface area contributed by atoms with Gasteiger partial charge in [0.05, 0.1) is 18.7 Å². The Kier molecular flexibility index (Phi) is 4.70. The first-order valence-electron chi connectivity index (χ1n) is 6.43. The van der Waals surface area contributed by atoms with Crippen LogP contribution in [0.1, 0.15) is 21.5 Å². The van der Waals surface area contributed by atoms with Crippen molar-refractivity contribution in [2.75, 3.05) is 26.8 Å². The Balaban J connectivity index is 1.89. The molecule has 1 aromatic carbocycles. The quantitative estimate of drug-likeness (QED) is 0.739. The smallest absolute Gasteiger partial charge is 0.335 e. The van der Waals surface area contributed by atoms with Gasteiger partial charge in [0.15, 0.2) is 0 Å². The highest BCUT2D eigenvalue weighted by Crippen LogP contribution is 2.23. The van der Waals surface area contributed by atoms with Gasteiger partial charge in [-0.15, -0.1) is 0 Å². The first-order valence-corrected chi connectivity index (χ1v) is 6.43. The minimum Gasteiger partial charge on any atom is -0.478 e. The van der Waals surface area contributed by atoms with Crippen LogP contribution in [0.15, 0.2) is 18.2 Å². The second kappa shape index (κ2) is 6.49. The first kappa shape index (κ1) is 14.5. The molecule has 1 amide bonds. The van der Waals surface area contributed by atoms with E-state index in [9.17, 15) is 9.59 Å². The Morgan fingerprint density at radius 1 is 1.35 bits per heavy atom. The summed E-state index contributed by atoms with van der Waals surface area (Å²) in [6, 6.07) is 5.10. The van der Waals surface area contributed by atoms with E-state index < -0.39 is 5.97 Å². The molecule has 0 aliphatic carbocycles. The number of carbonyl (C=O) groups excluding carboxylic acids is 1. The molecular weight excluding hydrogens is 260 g/mol. The average Bonchev–Trinajstić information content (AvgIpc) is 2.79. The molecule has 1 aliphatic heterocycles. The van der Waals surface area contributed by atoms with Gasteiger partial charge in [-0.05, 0) is 23.3 Å². The zero-order valence-electron chi connectivity index (χ0n) is 11.4. The van der Waals surface area contributed by atoms with E-state index in [0.29, 0.717) is 32.8 Å². The predicted octanol–water partition coefficient (Wildman–Crippen LogP) is 0.463. The average molecular weight is 278 g/mol. The van der Waals surface area contributed by atoms with Crippen LogP contribution in [0.3, 0.4) is 0 Å². The summed E-state index contributed by atoms with van der Waals surface area (Å²) in [7, 11) is 1.59. The van der Waals surface area contributed by atoms with Crippen LogP contribution in [0.4, 0.5) is 0 Å². The molecule has 2 N–H and O–H groups in total. The van der Waals surface area contributed by atoms with E-state index in [0.717, 1.165) is 11.1 Å². The molecule has 0 radical (unpaired) electrons. The molecular formula is C14H18N2O4. The maximum absolute atomic E-state index is 11.7. The monoisotopic (exact) mass is 278 g/mol. The van der Waals surface area contributed by atoms with Gasteiger partial charge in [0.25, 0.3) is 0 Å². The molecule has 0 unspecified atom stereocenters. The van der Waals surface area contributed by atoms with E-state index in [1.54, 1.807) is 19.2 Å². The molecule has 0 atom stereocenters. The zero-order valence-corrected chi connectivity index (χ0v) is 11.4. The summed E-state index contributed by atoms with van der Waals surface area (Å²) in [5.41, 5.74) is 2.35. The number of nitrogens with one attached hydrogen (secondary N) is 1. The number of fused-ring (bicyclic) bond motifs is 1. The van der Waals surface area contributed by atoms with Gasteiger partial charge in [-0.2, -0.15) is 0 Å². The standard InChI is InChI=1S/C14H18N2O4/c1-20-5-4-15-13(17)9-16-7-11-3-2-10(14(18)19)6-12(11)8-16/h2-3,6H,4-5,7-9H2,1H3,(H,15,17)(H,18,19). The van der Waals surface area contributed by atoms with Crippen LogP contribution in [0.5, 0.6) is 0 Å². The molecule has 6 heteroatoms. The van der Waals surface area contributed by atoms with Gasteiger partial charge in [-0.25, -0.2) is 4.79 Å². The second-order valence-corrected chi connectivity index (χ2v) is 4.78. The summed E-state index contributed by atoms with van der Waals surface area (Å²) in [4.78, 5) is 24.6. The number of carboxylic acid groups (broad SMARTS) is 1. The fraction of sp³-hybridized carbons (Fsp3) is 0.429. The number of rotatable bonds is 6. The molecule has 0 fully saturated rings. The fourth-order valence-corrected chi connectivity index (χ4v) is 2.26. The number of benzene rings is 1. The molecule has 0 aromatic heterocycles. The van der Waals surface area contributed by atoms with Gasteiger partial charge in [0, 0.05) is 26.7 Å². The topological polar surface area (TPSA) is 78.9 Å². The summed E-state index contributed by atoms with van der Waals surface area (Å²) >= 11 is 0. The summed E-state index contributed by atoms with van der Waals surface area (Å²) in [6.45, 7) is 2.58. The molecule has 1 heterocycles. The van der Waals surface area contributed by atoms with Crippen molar-refractivity contribution >= 4 is 11.9 Å². The van der Waals surface area contributed by atoms with E-state index in [1.807, 2.05) is 11.0 Å². The van der Waals surface area contributed by atoms with E-state index in [4.69, 9.17) is 9.84 Å². The van der Waals surface area contributed by atoms with Crippen molar-refractivity contribution in [1.82, 2.24) is 10.2 Å². The lowest BCUT2D eigenvalue weighted by Crippen LogP contribution is -2.36. The van der Waals surface area contributed by atoms with Gasteiger partial charge in [-0.3, -0.25) is 9.69 Å². The molecule has 0 saturated carbocycles. The molecule has 6 nitrogen and oxygen atoms in total. The number of aromatic carboxylic acids is 1. The molecule has 20 heavy (non-hydrogen) atoms. The SMILES string of the molecule is COCCNC(=O)CN1Cc2ccc(C(=O)O)cc2C1. The van der Waals surface area contributed by atoms with Crippen molar-refractivity contribution in [3.8, 4) is 0 Å². The van der Waals surface area contributed by atoms with Crippen molar-refractivity contribution in [3.63, 3.8) is 0 Å². The van der Waals surface area contributed by atoms with Crippen LogP contribution < -0.4 is 5.32 Å². The summed E-state index contributed by atoms with van der Waals surface area (Å²) in [5, 5.41) is 11.7. The van der Waals surface area contributed by atoms with E-state index >= 15 is 0 Å². The number of carboxylic acids is 1. The van der Waals surface area contributed by atoms with E-state index in [2.05, 4.69) is 5.32 Å². The zero-order chi connectivity index (χ0) is 14.5. The number of nitrogens with zero attached hydrogens (tertiary/aromatic N) is 1. The largest absolute Gasteiger partial charge is 0.478 e. The van der Waals surface area contributed by atoms with Gasteiger partial charge >= 0.3 is 5.97 Å². The Bertz CT molecular complexity index is 516. The minimum absolute atomic E-state index is 0.0479. The third-order valence-corrected chi connectivity index (χ3v) is 3.24. The molecule has 0 spiro atoms. The second-order valence-electron chi connectivity index (χ2n) is 4.78. The number of ether oxygens (including phenoxy) is 1. The number of hydrogen-bond donors (Lipinski definition) is 2. The Morgan fingerprint density at radius 2 is 2.10 bits per heavy atom. The van der Waals surface area contributed by atoms with Gasteiger partial charge in [0.1, 0.15) is 0 Å². The van der Waals surface area contributed by atoms with Crippen molar-refractivity contribution in [2.45, 2.75) is 13.1 Å². The van der Waals surface area contributed by atoms with Crippen LogP contribution in [-0.2, 0) is 22.6 Å². The number of hydrogen-bond acceptors (Lipinski definition) is 4. The highest BCUT2D eigenvalue weighted by atomic mass is 16.5. The molecule has 1 aliphatic rings. The third-order valence-electron chi connectivity index (χ3n) is 3.24. The van der Waals surface area contributed by atoms with E-state index in [-0.39, 0.29) is 11.5 Å². The minimum atomic E-state index is -0.927. The van der Waals surface area contributed by atoms with Gasteiger partial charge in [-0.1, -0.05) is 6.07 Å². The molecule has 108 valence electrons. The van der Waals surface area contributed by atoms with Crippen molar-refractivity contribution in [2.24, 2.45) is 0 Å². The maximum atomic E-state index is 11.7. The van der Waals surface area contributed by atoms with Crippen LogP contribution >= 0.6 is 0 Å².